The third-order valence-corrected chi connectivity index (χ3v) is 5.05. The van der Waals surface area contributed by atoms with Crippen LogP contribution in [-0.4, -0.2) is 17.1 Å². The Balaban J connectivity index is 1.54. The minimum atomic E-state index is -0.404. The van der Waals surface area contributed by atoms with Crippen LogP contribution in [0.5, 0.6) is 11.5 Å². The van der Waals surface area contributed by atoms with Gasteiger partial charge in [0.15, 0.2) is 0 Å². The predicted molar refractivity (Wildman–Crippen MR) is 117 cm³/mol. The van der Waals surface area contributed by atoms with Gasteiger partial charge in [0.2, 0.25) is 0 Å². The number of hydrogen-bond acceptors (Lipinski definition) is 3. The second-order valence-electron chi connectivity index (χ2n) is 6.54. The van der Waals surface area contributed by atoms with Gasteiger partial charge in [0, 0.05) is 32.8 Å². The molecule has 7 heteroatoms. The van der Waals surface area contributed by atoms with Gasteiger partial charge < -0.3 is 14.5 Å². The number of H-pyrrole nitrogens is 1. The summed E-state index contributed by atoms with van der Waals surface area (Å²) in [4.78, 5) is 7.74. The summed E-state index contributed by atoms with van der Waals surface area (Å²) >= 11 is 11.7. The molecule has 4 aromatic rings. The highest BCUT2D eigenvalue weighted by Gasteiger charge is 2.12. The summed E-state index contributed by atoms with van der Waals surface area (Å²) < 4.78 is 25.2. The van der Waals surface area contributed by atoms with E-state index < -0.39 is 5.82 Å². The van der Waals surface area contributed by atoms with Crippen molar-refractivity contribution in [1.29, 1.82) is 0 Å². The van der Waals surface area contributed by atoms with Crippen molar-refractivity contribution in [2.45, 2.75) is 6.61 Å². The second kappa shape index (κ2) is 8.78. The van der Waals surface area contributed by atoms with Crippen LogP contribution < -0.4 is 9.47 Å². The highest BCUT2D eigenvalue weighted by atomic mass is 35.5. The van der Waals surface area contributed by atoms with E-state index in [1.165, 1.54) is 6.07 Å². The molecule has 0 atom stereocenters. The molecule has 4 rings (SSSR count). The van der Waals surface area contributed by atoms with Gasteiger partial charge in [0.25, 0.3) is 0 Å². The maximum atomic E-state index is 13.9. The van der Waals surface area contributed by atoms with Crippen LogP contribution in [0, 0.1) is 5.82 Å². The van der Waals surface area contributed by atoms with E-state index in [2.05, 4.69) is 9.97 Å². The smallest absolute Gasteiger partial charge is 0.137 e. The van der Waals surface area contributed by atoms with E-state index in [0.717, 1.165) is 22.6 Å². The Labute approximate surface area is 183 Å². The lowest BCUT2D eigenvalue weighted by atomic mass is 10.1. The molecule has 0 unspecified atom stereocenters. The molecule has 1 N–H and O–H groups in total. The van der Waals surface area contributed by atoms with Crippen molar-refractivity contribution in [2.24, 2.45) is 0 Å². The number of nitrogens with one attached hydrogen (secondary N) is 1. The van der Waals surface area contributed by atoms with Crippen LogP contribution in [0.1, 0.15) is 5.56 Å². The summed E-state index contributed by atoms with van der Waals surface area (Å²) in [7, 11) is 1.58. The predicted octanol–water partition coefficient (Wildman–Crippen LogP) is 6.78. The summed E-state index contributed by atoms with van der Waals surface area (Å²) in [6.07, 6.45) is 1.74. The van der Waals surface area contributed by atoms with E-state index in [0.29, 0.717) is 27.1 Å². The summed E-state index contributed by atoms with van der Waals surface area (Å²) in [5.41, 5.74) is 2.97. The van der Waals surface area contributed by atoms with Gasteiger partial charge in [-0.05, 0) is 48.5 Å². The van der Waals surface area contributed by atoms with E-state index in [-0.39, 0.29) is 6.61 Å². The average Bonchev–Trinajstić information content (AvgIpc) is 3.23. The second-order valence-corrected chi connectivity index (χ2v) is 7.41. The highest BCUT2D eigenvalue weighted by molar-refractivity contribution is 6.30. The summed E-state index contributed by atoms with van der Waals surface area (Å²) in [5, 5.41) is 1.01. The number of hydrogen-bond donors (Lipinski definition) is 1. The largest absolute Gasteiger partial charge is 0.496 e. The van der Waals surface area contributed by atoms with Gasteiger partial charge in [0.1, 0.15) is 29.7 Å². The Morgan fingerprint density at radius 1 is 0.967 bits per heavy atom. The molecule has 1 heterocycles. The van der Waals surface area contributed by atoms with Gasteiger partial charge in [0.05, 0.1) is 19.0 Å². The average molecular weight is 443 g/mol. The Morgan fingerprint density at radius 3 is 2.47 bits per heavy atom. The summed E-state index contributed by atoms with van der Waals surface area (Å²) in [6, 6.07) is 17.3. The molecule has 0 bridgehead atoms. The zero-order chi connectivity index (χ0) is 21.1. The highest BCUT2D eigenvalue weighted by Crippen LogP contribution is 2.34. The maximum absolute atomic E-state index is 13.9. The summed E-state index contributed by atoms with van der Waals surface area (Å²) in [6.45, 7) is 0.0796. The fourth-order valence-electron chi connectivity index (χ4n) is 3.00. The van der Waals surface area contributed by atoms with Crippen molar-refractivity contribution in [3.63, 3.8) is 0 Å². The van der Waals surface area contributed by atoms with Crippen molar-refractivity contribution in [2.75, 3.05) is 7.11 Å². The number of halogens is 3. The number of rotatable bonds is 6. The van der Waals surface area contributed by atoms with Gasteiger partial charge >= 0.3 is 0 Å². The summed E-state index contributed by atoms with van der Waals surface area (Å²) in [5.74, 6) is 1.48. The van der Waals surface area contributed by atoms with Crippen LogP contribution in [0.3, 0.4) is 0 Å². The lowest BCUT2D eigenvalue weighted by Crippen LogP contribution is -1.99. The molecule has 152 valence electrons. The molecule has 0 spiro atoms. The van der Waals surface area contributed by atoms with E-state index in [1.807, 2.05) is 30.3 Å². The Bertz CT molecular complexity index is 1180. The molecule has 3 aromatic carbocycles. The number of aromatic nitrogens is 2. The number of imidazole rings is 1. The minimum absolute atomic E-state index is 0.0796. The fourth-order valence-corrected chi connectivity index (χ4v) is 3.28. The number of ether oxygens (including phenoxy) is 2. The Kier molecular flexibility index (Phi) is 5.93. The Hall–Kier alpha value is -3.02. The molecule has 0 radical (unpaired) electrons. The first-order chi connectivity index (χ1) is 14.5. The van der Waals surface area contributed by atoms with Gasteiger partial charge in [-0.2, -0.15) is 0 Å². The van der Waals surface area contributed by atoms with Crippen molar-refractivity contribution in [1.82, 2.24) is 9.97 Å². The molecule has 4 nitrogen and oxygen atoms in total. The molecule has 0 amide bonds. The SMILES string of the molecule is COc1cc(OCc2ccc(Cl)cc2F)ccc1-c1cnc(-c2ccc(Cl)cc2)[nH]1. The number of benzene rings is 3. The first kappa shape index (κ1) is 20.3. The molecular formula is C23H17Cl2FN2O2. The lowest BCUT2D eigenvalue weighted by molar-refractivity contribution is 0.297. The van der Waals surface area contributed by atoms with E-state index in [9.17, 15) is 4.39 Å². The fraction of sp³-hybridized carbons (Fsp3) is 0.0870. The normalized spacial score (nSPS) is 10.8. The topological polar surface area (TPSA) is 47.1 Å². The van der Waals surface area contributed by atoms with Crippen LogP contribution in [-0.2, 0) is 6.61 Å². The monoisotopic (exact) mass is 442 g/mol. The lowest BCUT2D eigenvalue weighted by Gasteiger charge is -2.11. The minimum Gasteiger partial charge on any atom is -0.496 e. The standard InChI is InChI=1S/C23H17Cl2FN2O2/c1-29-22-11-18(30-13-15-4-7-17(25)10-20(15)26)8-9-19(22)21-12-27-23(28-21)14-2-5-16(24)6-3-14/h2-12H,13H2,1H3,(H,27,28). The molecular weight excluding hydrogens is 426 g/mol. The Morgan fingerprint density at radius 2 is 1.73 bits per heavy atom. The first-order valence-corrected chi connectivity index (χ1v) is 9.85. The van der Waals surface area contributed by atoms with Crippen molar-refractivity contribution < 1.29 is 13.9 Å². The zero-order valence-corrected chi connectivity index (χ0v) is 17.5. The molecule has 0 fully saturated rings. The number of aromatic amines is 1. The van der Waals surface area contributed by atoms with Crippen molar-refractivity contribution in [3.8, 4) is 34.1 Å². The van der Waals surface area contributed by atoms with Crippen LogP contribution in [0.25, 0.3) is 22.6 Å². The van der Waals surface area contributed by atoms with E-state index >= 15 is 0 Å². The quantitative estimate of drug-likeness (QED) is 0.358. The van der Waals surface area contributed by atoms with Crippen LogP contribution >= 0.6 is 23.2 Å². The molecule has 30 heavy (non-hydrogen) atoms. The molecule has 0 aliphatic heterocycles. The molecule has 0 saturated carbocycles. The van der Waals surface area contributed by atoms with Crippen LogP contribution in [0.2, 0.25) is 10.0 Å². The van der Waals surface area contributed by atoms with E-state index in [4.69, 9.17) is 32.7 Å². The van der Waals surface area contributed by atoms with E-state index in [1.54, 1.807) is 37.6 Å². The van der Waals surface area contributed by atoms with Crippen LogP contribution in [0.15, 0.2) is 66.9 Å². The van der Waals surface area contributed by atoms with Gasteiger partial charge in [-0.25, -0.2) is 9.37 Å². The van der Waals surface area contributed by atoms with Gasteiger partial charge in [-0.15, -0.1) is 0 Å². The number of methoxy groups -OCH3 is 1. The van der Waals surface area contributed by atoms with Crippen molar-refractivity contribution >= 4 is 23.2 Å². The number of nitrogens with zero attached hydrogens (tertiary/aromatic N) is 1. The molecule has 0 aliphatic rings. The van der Waals surface area contributed by atoms with Crippen LogP contribution in [0.4, 0.5) is 4.39 Å². The zero-order valence-electron chi connectivity index (χ0n) is 16.0. The third-order valence-electron chi connectivity index (χ3n) is 4.57. The first-order valence-electron chi connectivity index (χ1n) is 9.09. The third kappa shape index (κ3) is 4.42. The van der Waals surface area contributed by atoms with Gasteiger partial charge in [-0.1, -0.05) is 29.3 Å². The maximum Gasteiger partial charge on any atom is 0.137 e. The van der Waals surface area contributed by atoms with Gasteiger partial charge in [-0.3, -0.25) is 0 Å². The molecule has 0 aliphatic carbocycles. The molecule has 1 aromatic heterocycles. The molecule has 0 saturated heterocycles. The van der Waals surface area contributed by atoms with Crippen molar-refractivity contribution in [3.05, 3.63) is 88.3 Å².